The van der Waals surface area contributed by atoms with Gasteiger partial charge in [-0.1, -0.05) is 19.0 Å². The van der Waals surface area contributed by atoms with Gasteiger partial charge in [-0.2, -0.15) is 0 Å². The minimum Gasteiger partial charge on any atom is -0.493 e. The van der Waals surface area contributed by atoms with Gasteiger partial charge in [-0.3, -0.25) is 0 Å². The fourth-order valence-corrected chi connectivity index (χ4v) is 1.94. The third-order valence-corrected chi connectivity index (χ3v) is 3.23. The van der Waals surface area contributed by atoms with Crippen molar-refractivity contribution in [2.45, 2.75) is 26.3 Å². The fourth-order valence-electron chi connectivity index (χ4n) is 1.94. The van der Waals surface area contributed by atoms with Crippen molar-refractivity contribution in [3.63, 3.8) is 0 Å². The van der Waals surface area contributed by atoms with Crippen LogP contribution >= 0.6 is 24.0 Å². The molecule has 0 saturated heterocycles. The maximum absolute atomic E-state index is 5.89. The molecule has 0 radical (unpaired) electrons. The molecule has 8 heteroatoms. The maximum atomic E-state index is 5.89. The van der Waals surface area contributed by atoms with Crippen LogP contribution in [0.3, 0.4) is 0 Å². The number of aromatic nitrogens is 1. The first-order valence-electron chi connectivity index (χ1n) is 7.28. The normalized spacial score (nSPS) is 11.1. The molecule has 1 heterocycles. The van der Waals surface area contributed by atoms with Crippen LogP contribution in [-0.4, -0.2) is 25.3 Å². The molecule has 2 aromatic rings. The lowest BCUT2D eigenvalue weighted by atomic mass is 10.1. The van der Waals surface area contributed by atoms with Crippen molar-refractivity contribution < 1.29 is 14.0 Å². The van der Waals surface area contributed by atoms with Crippen molar-refractivity contribution in [3.05, 3.63) is 35.7 Å². The van der Waals surface area contributed by atoms with Gasteiger partial charge in [-0.15, -0.1) is 24.0 Å². The molecule has 0 bridgehead atoms. The summed E-state index contributed by atoms with van der Waals surface area (Å²) >= 11 is 0. The molecular formula is C16H23IN4O3. The smallest absolute Gasteiger partial charge is 0.193 e. The summed E-state index contributed by atoms with van der Waals surface area (Å²) in [5, 5.41) is 6.98. The maximum Gasteiger partial charge on any atom is 0.193 e. The zero-order chi connectivity index (χ0) is 16.8. The van der Waals surface area contributed by atoms with Gasteiger partial charge in [-0.25, -0.2) is 4.99 Å². The van der Waals surface area contributed by atoms with E-state index >= 15 is 0 Å². The molecule has 3 N–H and O–H groups in total. The van der Waals surface area contributed by atoms with Crippen molar-refractivity contribution in [1.29, 1.82) is 0 Å². The number of methoxy groups -OCH3 is 2. The van der Waals surface area contributed by atoms with E-state index in [0.717, 1.165) is 11.4 Å². The minimum absolute atomic E-state index is 0. The summed E-state index contributed by atoms with van der Waals surface area (Å²) in [7, 11) is 3.17. The van der Waals surface area contributed by atoms with Crippen LogP contribution in [0.5, 0.6) is 11.5 Å². The number of nitrogens with two attached hydrogens (primary N) is 1. The third kappa shape index (κ3) is 5.29. The number of halogens is 1. The van der Waals surface area contributed by atoms with E-state index in [1.54, 1.807) is 26.4 Å². The van der Waals surface area contributed by atoms with Crippen LogP contribution in [0.1, 0.15) is 31.2 Å². The molecule has 0 spiro atoms. The highest BCUT2D eigenvalue weighted by molar-refractivity contribution is 14.0. The Bertz CT molecular complexity index is 686. The average molecular weight is 446 g/mol. The number of anilines is 1. The number of nitrogens with one attached hydrogen (secondary N) is 1. The summed E-state index contributed by atoms with van der Waals surface area (Å²) in [6.45, 7) is 4.43. The van der Waals surface area contributed by atoms with E-state index in [1.807, 2.05) is 12.1 Å². The summed E-state index contributed by atoms with van der Waals surface area (Å²) in [5.74, 6) is 2.53. The Morgan fingerprint density at radius 3 is 2.54 bits per heavy atom. The summed E-state index contributed by atoms with van der Waals surface area (Å²) in [6, 6.07) is 7.29. The van der Waals surface area contributed by atoms with Gasteiger partial charge in [0.2, 0.25) is 0 Å². The lowest BCUT2D eigenvalue weighted by molar-refractivity contribution is 0.355. The van der Waals surface area contributed by atoms with Crippen LogP contribution in [0.2, 0.25) is 0 Å². The Hall–Kier alpha value is -1.97. The van der Waals surface area contributed by atoms with Crippen molar-refractivity contribution in [1.82, 2.24) is 5.16 Å². The van der Waals surface area contributed by atoms with Gasteiger partial charge in [-0.05, 0) is 18.1 Å². The van der Waals surface area contributed by atoms with Crippen LogP contribution in [0.4, 0.5) is 5.69 Å². The van der Waals surface area contributed by atoms with Crippen LogP contribution < -0.4 is 20.5 Å². The van der Waals surface area contributed by atoms with Gasteiger partial charge < -0.3 is 25.0 Å². The topological polar surface area (TPSA) is 94.9 Å². The predicted molar refractivity (Wildman–Crippen MR) is 105 cm³/mol. The molecule has 0 fully saturated rings. The summed E-state index contributed by atoms with van der Waals surface area (Å²) in [4.78, 5) is 4.24. The first-order chi connectivity index (χ1) is 11.0. The van der Waals surface area contributed by atoms with Gasteiger partial charge in [0.1, 0.15) is 6.54 Å². The number of nitrogens with zero attached hydrogens (tertiary/aromatic N) is 2. The Labute approximate surface area is 158 Å². The van der Waals surface area contributed by atoms with Gasteiger partial charge in [0.25, 0.3) is 0 Å². The van der Waals surface area contributed by atoms with Gasteiger partial charge >= 0.3 is 0 Å². The molecule has 0 aliphatic carbocycles. The largest absolute Gasteiger partial charge is 0.493 e. The molecule has 2 rings (SSSR count). The van der Waals surface area contributed by atoms with E-state index in [-0.39, 0.29) is 29.9 Å². The number of rotatable bonds is 6. The Balaban J connectivity index is 0.00000288. The number of hydrogen-bond donors (Lipinski definition) is 2. The average Bonchev–Trinajstić information content (AvgIpc) is 3.02. The van der Waals surface area contributed by atoms with E-state index < -0.39 is 0 Å². The number of benzene rings is 1. The van der Waals surface area contributed by atoms with E-state index in [4.69, 9.17) is 19.7 Å². The monoisotopic (exact) mass is 446 g/mol. The van der Waals surface area contributed by atoms with Crippen LogP contribution in [0.15, 0.2) is 33.8 Å². The van der Waals surface area contributed by atoms with E-state index in [1.165, 1.54) is 0 Å². The molecule has 0 saturated carbocycles. The molecule has 0 unspecified atom stereocenters. The van der Waals surface area contributed by atoms with Gasteiger partial charge in [0.05, 0.1) is 19.9 Å². The quantitative estimate of drug-likeness (QED) is 0.402. The zero-order valence-electron chi connectivity index (χ0n) is 14.2. The predicted octanol–water partition coefficient (Wildman–Crippen LogP) is 3.36. The molecule has 1 aromatic heterocycles. The van der Waals surface area contributed by atoms with Crippen molar-refractivity contribution in [2.75, 3.05) is 19.5 Å². The highest BCUT2D eigenvalue weighted by Crippen LogP contribution is 2.29. The van der Waals surface area contributed by atoms with Crippen molar-refractivity contribution in [2.24, 2.45) is 10.7 Å². The second-order valence-corrected chi connectivity index (χ2v) is 5.27. The van der Waals surface area contributed by atoms with Crippen molar-refractivity contribution in [3.8, 4) is 11.5 Å². The lowest BCUT2D eigenvalue weighted by Crippen LogP contribution is -2.22. The van der Waals surface area contributed by atoms with Gasteiger partial charge in [0, 0.05) is 17.8 Å². The summed E-state index contributed by atoms with van der Waals surface area (Å²) in [5.41, 5.74) is 7.55. The molecule has 0 aliphatic rings. The molecule has 0 atom stereocenters. The highest BCUT2D eigenvalue weighted by Gasteiger charge is 2.08. The first kappa shape index (κ1) is 20.1. The molecular weight excluding hydrogens is 423 g/mol. The fraction of sp³-hybridized carbons (Fsp3) is 0.375. The minimum atomic E-state index is 0. The molecule has 7 nitrogen and oxygen atoms in total. The second-order valence-electron chi connectivity index (χ2n) is 5.27. The van der Waals surface area contributed by atoms with Crippen LogP contribution in [-0.2, 0) is 6.54 Å². The molecule has 0 aliphatic heterocycles. The van der Waals surface area contributed by atoms with Gasteiger partial charge in [0.15, 0.2) is 23.2 Å². The molecule has 1 aromatic carbocycles. The number of aliphatic imine (C=N–C) groups is 1. The second kappa shape index (κ2) is 9.36. The van der Waals surface area contributed by atoms with E-state index in [2.05, 4.69) is 29.3 Å². The van der Waals surface area contributed by atoms with E-state index in [9.17, 15) is 0 Å². The number of ether oxygens (including phenoxy) is 2. The Morgan fingerprint density at radius 1 is 1.25 bits per heavy atom. The Kier molecular flexibility index (Phi) is 7.83. The first-order valence-corrected chi connectivity index (χ1v) is 7.28. The summed E-state index contributed by atoms with van der Waals surface area (Å²) < 4.78 is 15.6. The summed E-state index contributed by atoms with van der Waals surface area (Å²) in [6.07, 6.45) is 0. The van der Waals surface area contributed by atoms with Crippen LogP contribution in [0, 0.1) is 0 Å². The highest BCUT2D eigenvalue weighted by atomic mass is 127. The zero-order valence-corrected chi connectivity index (χ0v) is 16.5. The Morgan fingerprint density at radius 2 is 1.96 bits per heavy atom. The standard InChI is InChI=1S/C16H22N4O3.HI/c1-10(2)13-8-12(23-20-13)9-18-16(17)19-11-5-6-14(21-3)15(7-11)22-4;/h5-8,10H,9H2,1-4H3,(H3,17,18,19);1H. The third-order valence-electron chi connectivity index (χ3n) is 3.23. The SMILES string of the molecule is COc1ccc(NC(N)=NCc2cc(C(C)C)no2)cc1OC.I. The molecule has 0 amide bonds. The van der Waals surface area contributed by atoms with Crippen LogP contribution in [0.25, 0.3) is 0 Å². The van der Waals surface area contributed by atoms with Crippen molar-refractivity contribution >= 4 is 35.6 Å². The van der Waals surface area contributed by atoms with E-state index in [0.29, 0.717) is 29.7 Å². The number of hydrogen-bond acceptors (Lipinski definition) is 5. The lowest BCUT2D eigenvalue weighted by Gasteiger charge is -2.10. The molecule has 24 heavy (non-hydrogen) atoms. The molecule has 132 valence electrons. The number of guanidine groups is 1.